The molecule has 0 radical (unpaired) electrons. The maximum Gasteiger partial charge on any atom is 0.250 e. The van der Waals surface area contributed by atoms with Crippen LogP contribution < -0.4 is 10.9 Å². The first-order valence-electron chi connectivity index (χ1n) is 9.82. The van der Waals surface area contributed by atoms with Crippen LogP contribution in [0.25, 0.3) is 16.9 Å². The zero-order valence-corrected chi connectivity index (χ0v) is 16.7. The molecule has 0 unspecified atom stereocenters. The Hall–Kier alpha value is -2.60. The smallest absolute Gasteiger partial charge is 0.250 e. The second kappa shape index (κ2) is 8.19. The highest BCUT2D eigenvalue weighted by Crippen LogP contribution is 2.29. The Balaban J connectivity index is 1.57. The standard InChI is InChI=1S/C21H24ClN5O/c1-2-9-26-14-18(7-8-20(26)28)27-13-15(11-24-27)21-19(22)10-17(12-23-21)25-16-5-3-4-6-16/h7-8,10-14,16,25H,2-6,9H2,1H3. The van der Waals surface area contributed by atoms with E-state index in [0.29, 0.717) is 23.3 Å². The Bertz CT molecular complexity index is 1020. The number of hydrogen-bond acceptors (Lipinski definition) is 4. The van der Waals surface area contributed by atoms with Crippen molar-refractivity contribution >= 4 is 17.3 Å². The molecule has 1 saturated carbocycles. The number of anilines is 1. The summed E-state index contributed by atoms with van der Waals surface area (Å²) in [5, 5.41) is 8.54. The number of nitrogens with one attached hydrogen (secondary N) is 1. The minimum atomic E-state index is -0.00644. The third kappa shape index (κ3) is 3.97. The molecule has 3 aromatic rings. The van der Waals surface area contributed by atoms with E-state index in [1.807, 2.05) is 31.6 Å². The van der Waals surface area contributed by atoms with Crippen LogP contribution in [0.15, 0.2) is 47.8 Å². The van der Waals surface area contributed by atoms with E-state index in [9.17, 15) is 4.79 Å². The quantitative estimate of drug-likeness (QED) is 0.664. The summed E-state index contributed by atoms with van der Waals surface area (Å²) in [6.07, 6.45) is 13.1. The molecular formula is C21H24ClN5O. The SMILES string of the molecule is CCCn1cc(-n2cc(-c3ncc(NC4CCCC4)cc3Cl)cn2)ccc1=O. The topological polar surface area (TPSA) is 64.7 Å². The third-order valence-electron chi connectivity index (χ3n) is 5.12. The summed E-state index contributed by atoms with van der Waals surface area (Å²) in [5.41, 5.74) is 3.32. The molecule has 0 bridgehead atoms. The predicted octanol–water partition coefficient (Wildman–Crippen LogP) is 4.51. The van der Waals surface area contributed by atoms with Gasteiger partial charge in [0.1, 0.15) is 0 Å². The molecule has 0 atom stereocenters. The monoisotopic (exact) mass is 397 g/mol. The van der Waals surface area contributed by atoms with Gasteiger partial charge in [0.25, 0.3) is 5.56 Å². The maximum absolute atomic E-state index is 11.9. The molecule has 1 aliphatic carbocycles. The Morgan fingerprint density at radius 2 is 2.04 bits per heavy atom. The largest absolute Gasteiger partial charge is 0.381 e. The van der Waals surface area contributed by atoms with Crippen molar-refractivity contribution < 1.29 is 0 Å². The minimum Gasteiger partial charge on any atom is -0.381 e. The fraction of sp³-hybridized carbons (Fsp3) is 0.381. The second-order valence-corrected chi connectivity index (χ2v) is 7.68. The van der Waals surface area contributed by atoms with Crippen LogP contribution in [0.3, 0.4) is 0 Å². The normalized spacial score (nSPS) is 14.5. The summed E-state index contributed by atoms with van der Waals surface area (Å²) in [4.78, 5) is 16.5. The van der Waals surface area contributed by atoms with E-state index in [2.05, 4.69) is 15.4 Å². The average Bonchev–Trinajstić information content (AvgIpc) is 3.36. The van der Waals surface area contributed by atoms with Crippen molar-refractivity contribution in [3.05, 3.63) is 58.4 Å². The molecule has 7 heteroatoms. The van der Waals surface area contributed by atoms with Crippen LogP contribution in [0, 0.1) is 0 Å². The van der Waals surface area contributed by atoms with Crippen LogP contribution in [0.5, 0.6) is 0 Å². The number of aryl methyl sites for hydroxylation is 1. The van der Waals surface area contributed by atoms with Crippen LogP contribution in [-0.4, -0.2) is 25.4 Å². The van der Waals surface area contributed by atoms with Gasteiger partial charge in [-0.3, -0.25) is 9.78 Å². The van der Waals surface area contributed by atoms with Crippen LogP contribution >= 0.6 is 11.6 Å². The van der Waals surface area contributed by atoms with E-state index >= 15 is 0 Å². The Kier molecular flexibility index (Phi) is 5.48. The van der Waals surface area contributed by atoms with Crippen molar-refractivity contribution in [2.75, 3.05) is 5.32 Å². The lowest BCUT2D eigenvalue weighted by Crippen LogP contribution is -2.19. The average molecular weight is 398 g/mol. The predicted molar refractivity (Wildman–Crippen MR) is 112 cm³/mol. The summed E-state index contributed by atoms with van der Waals surface area (Å²) >= 11 is 6.51. The van der Waals surface area contributed by atoms with Crippen molar-refractivity contribution in [1.29, 1.82) is 0 Å². The van der Waals surface area contributed by atoms with E-state index in [-0.39, 0.29) is 5.56 Å². The molecular weight excluding hydrogens is 374 g/mol. The molecule has 4 rings (SSSR count). The zero-order chi connectivity index (χ0) is 19.5. The van der Waals surface area contributed by atoms with Gasteiger partial charge >= 0.3 is 0 Å². The number of pyridine rings is 2. The van der Waals surface area contributed by atoms with Crippen LogP contribution in [-0.2, 0) is 6.54 Å². The number of aromatic nitrogens is 4. The van der Waals surface area contributed by atoms with Crippen molar-refractivity contribution in [2.24, 2.45) is 0 Å². The lowest BCUT2D eigenvalue weighted by molar-refractivity contribution is 0.648. The van der Waals surface area contributed by atoms with E-state index in [4.69, 9.17) is 11.6 Å². The molecule has 3 heterocycles. The highest BCUT2D eigenvalue weighted by molar-refractivity contribution is 6.33. The van der Waals surface area contributed by atoms with Gasteiger partial charge < -0.3 is 9.88 Å². The van der Waals surface area contributed by atoms with Gasteiger partial charge in [0.15, 0.2) is 0 Å². The highest BCUT2D eigenvalue weighted by atomic mass is 35.5. The van der Waals surface area contributed by atoms with Gasteiger partial charge in [-0.2, -0.15) is 5.10 Å². The summed E-state index contributed by atoms with van der Waals surface area (Å²) in [6.45, 7) is 2.73. The number of hydrogen-bond donors (Lipinski definition) is 1. The summed E-state index contributed by atoms with van der Waals surface area (Å²) in [5.74, 6) is 0. The summed E-state index contributed by atoms with van der Waals surface area (Å²) in [7, 11) is 0. The van der Waals surface area contributed by atoms with Gasteiger partial charge in [-0.15, -0.1) is 0 Å². The van der Waals surface area contributed by atoms with Gasteiger partial charge in [-0.1, -0.05) is 31.4 Å². The Labute approximate surface area is 169 Å². The molecule has 0 amide bonds. The van der Waals surface area contributed by atoms with Crippen molar-refractivity contribution in [3.63, 3.8) is 0 Å². The van der Waals surface area contributed by atoms with Crippen LogP contribution in [0.1, 0.15) is 39.0 Å². The molecule has 0 aromatic carbocycles. The first kappa shape index (κ1) is 18.7. The summed E-state index contributed by atoms with van der Waals surface area (Å²) in [6, 6.07) is 5.79. The molecule has 146 valence electrons. The van der Waals surface area contributed by atoms with E-state index in [1.54, 1.807) is 27.6 Å². The van der Waals surface area contributed by atoms with E-state index < -0.39 is 0 Å². The fourth-order valence-electron chi connectivity index (χ4n) is 3.69. The highest BCUT2D eigenvalue weighted by Gasteiger charge is 2.16. The lowest BCUT2D eigenvalue weighted by Gasteiger charge is -2.14. The first-order valence-corrected chi connectivity index (χ1v) is 10.2. The van der Waals surface area contributed by atoms with Crippen molar-refractivity contribution in [1.82, 2.24) is 19.3 Å². The molecule has 0 aliphatic heterocycles. The second-order valence-electron chi connectivity index (χ2n) is 7.27. The summed E-state index contributed by atoms with van der Waals surface area (Å²) < 4.78 is 3.44. The van der Waals surface area contributed by atoms with Crippen molar-refractivity contribution in [3.8, 4) is 16.9 Å². The van der Waals surface area contributed by atoms with Gasteiger partial charge in [-0.05, 0) is 31.4 Å². The molecule has 1 aliphatic rings. The minimum absolute atomic E-state index is 0.00644. The molecule has 1 fully saturated rings. The zero-order valence-electron chi connectivity index (χ0n) is 15.9. The molecule has 28 heavy (non-hydrogen) atoms. The maximum atomic E-state index is 11.9. The molecule has 1 N–H and O–H groups in total. The van der Waals surface area contributed by atoms with Crippen LogP contribution in [0.4, 0.5) is 5.69 Å². The Morgan fingerprint density at radius 3 is 2.79 bits per heavy atom. The van der Waals surface area contributed by atoms with E-state index in [1.165, 1.54) is 25.7 Å². The molecule has 0 saturated heterocycles. The number of rotatable bonds is 6. The van der Waals surface area contributed by atoms with Crippen LogP contribution in [0.2, 0.25) is 5.02 Å². The third-order valence-corrected chi connectivity index (χ3v) is 5.41. The number of halogens is 1. The molecule has 3 aromatic heterocycles. The fourth-order valence-corrected chi connectivity index (χ4v) is 3.97. The van der Waals surface area contributed by atoms with Gasteiger partial charge in [0.2, 0.25) is 0 Å². The number of nitrogens with zero attached hydrogens (tertiary/aromatic N) is 4. The van der Waals surface area contributed by atoms with Crippen molar-refractivity contribution in [2.45, 2.75) is 51.6 Å². The Morgan fingerprint density at radius 1 is 1.21 bits per heavy atom. The molecule has 6 nitrogen and oxygen atoms in total. The van der Waals surface area contributed by atoms with E-state index in [0.717, 1.165) is 23.4 Å². The van der Waals surface area contributed by atoms with Gasteiger partial charge in [-0.25, -0.2) is 4.68 Å². The molecule has 0 spiro atoms. The lowest BCUT2D eigenvalue weighted by atomic mass is 10.2. The first-order chi connectivity index (χ1) is 13.6. The van der Waals surface area contributed by atoms with Gasteiger partial charge in [0.05, 0.1) is 34.5 Å². The van der Waals surface area contributed by atoms with Gasteiger partial charge in [0, 0.05) is 36.6 Å².